The van der Waals surface area contributed by atoms with Crippen molar-refractivity contribution >= 4 is 17.0 Å². The average molecular weight is 249 g/mol. The summed E-state index contributed by atoms with van der Waals surface area (Å²) < 4.78 is 0. The fraction of sp³-hybridized carbons (Fsp3) is 0.615. The Morgan fingerprint density at radius 3 is 3.29 bits per heavy atom. The SMILES string of the molecule is CCCN1CCC2=NNC(c3cccs3)C2C1. The molecule has 1 saturated heterocycles. The van der Waals surface area contributed by atoms with Crippen LogP contribution in [-0.4, -0.2) is 30.2 Å². The van der Waals surface area contributed by atoms with Gasteiger partial charge in [0, 0.05) is 36.0 Å². The second-order valence-corrected chi connectivity index (χ2v) is 5.86. The third-order valence-electron chi connectivity index (χ3n) is 3.71. The van der Waals surface area contributed by atoms with Gasteiger partial charge in [-0.05, 0) is 24.4 Å². The quantitative estimate of drug-likeness (QED) is 0.891. The summed E-state index contributed by atoms with van der Waals surface area (Å²) in [5.74, 6) is 0.592. The lowest BCUT2D eigenvalue weighted by Crippen LogP contribution is -2.42. The van der Waals surface area contributed by atoms with Crippen molar-refractivity contribution in [3.63, 3.8) is 0 Å². The first-order chi connectivity index (χ1) is 8.38. The van der Waals surface area contributed by atoms with Crippen LogP contribution in [0.2, 0.25) is 0 Å². The first-order valence-electron chi connectivity index (χ1n) is 6.46. The number of likely N-dealkylation sites (tertiary alicyclic amines) is 1. The van der Waals surface area contributed by atoms with E-state index in [4.69, 9.17) is 0 Å². The van der Waals surface area contributed by atoms with Gasteiger partial charge in [-0.1, -0.05) is 13.0 Å². The van der Waals surface area contributed by atoms with Crippen LogP contribution < -0.4 is 5.43 Å². The second-order valence-electron chi connectivity index (χ2n) is 4.88. The summed E-state index contributed by atoms with van der Waals surface area (Å²) in [7, 11) is 0. The Labute approximate surface area is 107 Å². The van der Waals surface area contributed by atoms with Gasteiger partial charge in [0.2, 0.25) is 0 Å². The summed E-state index contributed by atoms with van der Waals surface area (Å²) in [5, 5.41) is 6.69. The zero-order valence-corrected chi connectivity index (χ0v) is 11.0. The van der Waals surface area contributed by atoms with E-state index in [1.165, 1.54) is 36.6 Å². The van der Waals surface area contributed by atoms with Gasteiger partial charge in [0.15, 0.2) is 0 Å². The highest BCUT2D eigenvalue weighted by atomic mass is 32.1. The van der Waals surface area contributed by atoms with Crippen LogP contribution in [0.3, 0.4) is 0 Å². The van der Waals surface area contributed by atoms with Crippen molar-refractivity contribution in [2.75, 3.05) is 19.6 Å². The Morgan fingerprint density at radius 2 is 2.53 bits per heavy atom. The molecule has 2 aliphatic heterocycles. The van der Waals surface area contributed by atoms with E-state index < -0.39 is 0 Å². The van der Waals surface area contributed by atoms with E-state index >= 15 is 0 Å². The number of nitrogens with one attached hydrogen (secondary N) is 1. The molecule has 2 unspecified atom stereocenters. The molecule has 2 aliphatic rings. The van der Waals surface area contributed by atoms with Crippen molar-refractivity contribution < 1.29 is 0 Å². The number of nitrogens with zero attached hydrogens (tertiary/aromatic N) is 2. The van der Waals surface area contributed by atoms with Crippen LogP contribution in [0.1, 0.15) is 30.7 Å². The molecule has 0 saturated carbocycles. The minimum Gasteiger partial charge on any atom is -0.302 e. The highest BCUT2D eigenvalue weighted by Crippen LogP contribution is 2.34. The fourth-order valence-electron chi connectivity index (χ4n) is 2.86. The number of piperidine rings is 1. The van der Waals surface area contributed by atoms with Gasteiger partial charge in [0.25, 0.3) is 0 Å². The number of hydrazone groups is 1. The first kappa shape index (κ1) is 11.2. The highest BCUT2D eigenvalue weighted by Gasteiger charge is 2.36. The Balaban J connectivity index is 1.74. The van der Waals surface area contributed by atoms with Crippen molar-refractivity contribution in [1.82, 2.24) is 10.3 Å². The zero-order chi connectivity index (χ0) is 11.7. The maximum atomic E-state index is 4.54. The van der Waals surface area contributed by atoms with E-state index in [0.29, 0.717) is 12.0 Å². The van der Waals surface area contributed by atoms with Crippen LogP contribution >= 0.6 is 11.3 Å². The summed E-state index contributed by atoms with van der Waals surface area (Å²) in [5.41, 5.74) is 4.72. The molecule has 0 bridgehead atoms. The number of hydrogen-bond acceptors (Lipinski definition) is 4. The molecule has 0 aliphatic carbocycles. The molecular formula is C13H19N3S. The molecule has 3 nitrogen and oxygen atoms in total. The van der Waals surface area contributed by atoms with Crippen LogP contribution in [0, 0.1) is 5.92 Å². The van der Waals surface area contributed by atoms with Gasteiger partial charge in [-0.2, -0.15) is 5.10 Å². The molecule has 17 heavy (non-hydrogen) atoms. The van der Waals surface area contributed by atoms with Crippen LogP contribution in [0.5, 0.6) is 0 Å². The largest absolute Gasteiger partial charge is 0.302 e. The van der Waals surface area contributed by atoms with E-state index in [1.807, 2.05) is 11.3 Å². The van der Waals surface area contributed by atoms with Crippen molar-refractivity contribution in [3.05, 3.63) is 22.4 Å². The molecule has 1 aromatic rings. The molecule has 0 spiro atoms. The lowest BCUT2D eigenvalue weighted by Gasteiger charge is -2.32. The molecule has 0 aromatic carbocycles. The Bertz CT molecular complexity index is 399. The number of hydrogen-bond donors (Lipinski definition) is 1. The molecular weight excluding hydrogens is 230 g/mol. The lowest BCUT2D eigenvalue weighted by atomic mass is 9.89. The topological polar surface area (TPSA) is 27.6 Å². The monoisotopic (exact) mass is 249 g/mol. The van der Waals surface area contributed by atoms with Crippen molar-refractivity contribution in [2.24, 2.45) is 11.0 Å². The maximum absolute atomic E-state index is 4.54. The summed E-state index contributed by atoms with van der Waals surface area (Å²) >= 11 is 1.84. The minimum absolute atomic E-state index is 0.421. The standard InChI is InChI=1S/C13H19N3S/c1-2-6-16-7-5-11-10(9-16)13(15-14-11)12-4-3-8-17-12/h3-4,8,10,13,15H,2,5-7,9H2,1H3. The van der Waals surface area contributed by atoms with Gasteiger partial charge in [-0.15, -0.1) is 11.3 Å². The molecule has 92 valence electrons. The summed E-state index contributed by atoms with van der Waals surface area (Å²) in [6, 6.07) is 4.77. The van der Waals surface area contributed by atoms with Gasteiger partial charge >= 0.3 is 0 Å². The fourth-order valence-corrected chi connectivity index (χ4v) is 3.70. The molecule has 3 heterocycles. The van der Waals surface area contributed by atoms with Gasteiger partial charge in [-0.3, -0.25) is 0 Å². The van der Waals surface area contributed by atoms with E-state index in [9.17, 15) is 0 Å². The van der Waals surface area contributed by atoms with E-state index in [2.05, 4.69) is 39.9 Å². The highest BCUT2D eigenvalue weighted by molar-refractivity contribution is 7.10. The number of rotatable bonds is 3. The van der Waals surface area contributed by atoms with Crippen LogP contribution in [0.25, 0.3) is 0 Å². The van der Waals surface area contributed by atoms with E-state index in [-0.39, 0.29) is 0 Å². The molecule has 1 N–H and O–H groups in total. The third kappa shape index (κ3) is 2.11. The molecule has 1 fully saturated rings. The van der Waals surface area contributed by atoms with E-state index in [1.54, 1.807) is 0 Å². The van der Waals surface area contributed by atoms with Gasteiger partial charge in [0.1, 0.15) is 0 Å². The van der Waals surface area contributed by atoms with Gasteiger partial charge in [-0.25, -0.2) is 0 Å². The summed E-state index contributed by atoms with van der Waals surface area (Å²) in [6.45, 7) is 5.83. The molecule has 4 heteroatoms. The first-order valence-corrected chi connectivity index (χ1v) is 7.34. The molecule has 0 radical (unpaired) electrons. The van der Waals surface area contributed by atoms with Crippen molar-refractivity contribution in [2.45, 2.75) is 25.8 Å². The predicted octanol–water partition coefficient (Wildman–Crippen LogP) is 2.48. The molecule has 3 rings (SSSR count). The summed E-state index contributed by atoms with van der Waals surface area (Å²) in [6.07, 6.45) is 2.38. The normalized spacial score (nSPS) is 28.6. The minimum atomic E-state index is 0.421. The molecule has 1 aromatic heterocycles. The number of thiophene rings is 1. The predicted molar refractivity (Wildman–Crippen MR) is 72.5 cm³/mol. The second kappa shape index (κ2) is 4.78. The molecule has 2 atom stereocenters. The zero-order valence-electron chi connectivity index (χ0n) is 10.2. The molecule has 0 amide bonds. The van der Waals surface area contributed by atoms with Gasteiger partial charge in [0.05, 0.1) is 6.04 Å². The van der Waals surface area contributed by atoms with Gasteiger partial charge < -0.3 is 10.3 Å². The van der Waals surface area contributed by atoms with E-state index in [0.717, 1.165) is 6.42 Å². The Kier molecular flexibility index (Phi) is 3.16. The van der Waals surface area contributed by atoms with Crippen molar-refractivity contribution in [3.8, 4) is 0 Å². The lowest BCUT2D eigenvalue weighted by molar-refractivity contribution is 0.229. The van der Waals surface area contributed by atoms with Crippen LogP contribution in [-0.2, 0) is 0 Å². The van der Waals surface area contributed by atoms with Crippen LogP contribution in [0.4, 0.5) is 0 Å². The van der Waals surface area contributed by atoms with Crippen molar-refractivity contribution in [1.29, 1.82) is 0 Å². The number of fused-ring (bicyclic) bond motifs is 1. The Morgan fingerprint density at radius 1 is 1.59 bits per heavy atom. The van der Waals surface area contributed by atoms with Crippen LogP contribution in [0.15, 0.2) is 22.6 Å². The average Bonchev–Trinajstić information content (AvgIpc) is 2.96. The summed E-state index contributed by atoms with van der Waals surface area (Å²) in [4.78, 5) is 4.00. The third-order valence-corrected chi connectivity index (χ3v) is 4.66. The smallest absolute Gasteiger partial charge is 0.0874 e. The Hall–Kier alpha value is -0.870. The maximum Gasteiger partial charge on any atom is 0.0874 e.